The standard InChI is InChI=1S/C12H16N2O4/c1-4-5-6-18-11-8(2)13-7-9(10(11)14-16)12(15)17-3/h7H,4-6H2,1-3H3. The lowest BCUT2D eigenvalue weighted by atomic mass is 10.2. The third-order valence-corrected chi connectivity index (χ3v) is 2.43. The number of methoxy groups -OCH3 is 1. The Kier molecular flexibility index (Phi) is 5.23. The number of esters is 1. The molecule has 1 aromatic rings. The highest BCUT2D eigenvalue weighted by Gasteiger charge is 2.20. The van der Waals surface area contributed by atoms with Gasteiger partial charge in [-0.1, -0.05) is 13.3 Å². The summed E-state index contributed by atoms with van der Waals surface area (Å²) in [5.41, 5.74) is 0.489. The molecular formula is C12H16N2O4. The zero-order valence-corrected chi connectivity index (χ0v) is 10.7. The van der Waals surface area contributed by atoms with Crippen LogP contribution in [0.1, 0.15) is 35.8 Å². The van der Waals surface area contributed by atoms with E-state index < -0.39 is 5.97 Å². The molecule has 0 aliphatic rings. The zero-order chi connectivity index (χ0) is 13.5. The number of hydrogen-bond donors (Lipinski definition) is 0. The molecule has 0 atom stereocenters. The molecule has 0 unspecified atom stereocenters. The molecule has 0 bridgehead atoms. The second-order valence-electron chi connectivity index (χ2n) is 3.72. The summed E-state index contributed by atoms with van der Waals surface area (Å²) < 4.78 is 10.0. The fourth-order valence-corrected chi connectivity index (χ4v) is 1.42. The van der Waals surface area contributed by atoms with Crippen molar-refractivity contribution < 1.29 is 14.3 Å². The summed E-state index contributed by atoms with van der Waals surface area (Å²) in [4.78, 5) is 26.4. The first-order chi connectivity index (χ1) is 8.65. The maximum atomic E-state index is 11.5. The SMILES string of the molecule is CCCCOc1c(C)ncc(C(=O)OC)c1N=O. The molecule has 1 heterocycles. The lowest BCUT2D eigenvalue weighted by molar-refractivity contribution is 0.0600. The van der Waals surface area contributed by atoms with Crippen molar-refractivity contribution in [1.29, 1.82) is 0 Å². The van der Waals surface area contributed by atoms with E-state index in [1.54, 1.807) is 6.92 Å². The molecule has 0 spiro atoms. The number of carbonyl (C=O) groups is 1. The van der Waals surface area contributed by atoms with Crippen LogP contribution in [0.3, 0.4) is 0 Å². The lowest BCUT2D eigenvalue weighted by Crippen LogP contribution is -2.06. The van der Waals surface area contributed by atoms with E-state index in [1.165, 1.54) is 13.3 Å². The van der Waals surface area contributed by atoms with Gasteiger partial charge in [-0.25, -0.2) is 4.79 Å². The minimum atomic E-state index is -0.655. The van der Waals surface area contributed by atoms with Crippen LogP contribution in [0, 0.1) is 11.8 Å². The minimum Gasteiger partial charge on any atom is -0.489 e. The molecule has 0 fully saturated rings. The minimum absolute atomic E-state index is 0.0181. The second kappa shape index (κ2) is 6.68. The van der Waals surface area contributed by atoms with Crippen molar-refractivity contribution >= 4 is 11.7 Å². The highest BCUT2D eigenvalue weighted by atomic mass is 16.5. The van der Waals surface area contributed by atoms with Crippen LogP contribution in [0.5, 0.6) is 5.75 Å². The topological polar surface area (TPSA) is 77.8 Å². The molecule has 0 N–H and O–H groups in total. The van der Waals surface area contributed by atoms with Gasteiger partial charge in [0, 0.05) is 6.20 Å². The van der Waals surface area contributed by atoms with Crippen LogP contribution in [0.15, 0.2) is 11.4 Å². The molecule has 98 valence electrons. The first kappa shape index (κ1) is 14.1. The normalized spacial score (nSPS) is 9.94. The van der Waals surface area contributed by atoms with E-state index in [0.29, 0.717) is 12.3 Å². The summed E-state index contributed by atoms with van der Waals surface area (Å²) in [6.45, 7) is 4.17. The van der Waals surface area contributed by atoms with Crippen molar-refractivity contribution in [3.05, 3.63) is 22.4 Å². The molecule has 6 heteroatoms. The number of hydrogen-bond acceptors (Lipinski definition) is 6. The van der Waals surface area contributed by atoms with Gasteiger partial charge in [-0.3, -0.25) is 4.98 Å². The molecule has 0 saturated carbocycles. The third kappa shape index (κ3) is 3.03. The maximum absolute atomic E-state index is 11.5. The smallest absolute Gasteiger partial charge is 0.341 e. The van der Waals surface area contributed by atoms with Gasteiger partial charge in [-0.05, 0) is 18.5 Å². The molecule has 0 saturated heterocycles. The van der Waals surface area contributed by atoms with Gasteiger partial charge in [0.05, 0.1) is 19.4 Å². The van der Waals surface area contributed by atoms with Gasteiger partial charge >= 0.3 is 5.97 Å². The van der Waals surface area contributed by atoms with Crippen molar-refractivity contribution in [2.75, 3.05) is 13.7 Å². The predicted octanol–water partition coefficient (Wildman–Crippen LogP) is 2.75. The summed E-state index contributed by atoms with van der Waals surface area (Å²) in [6.07, 6.45) is 3.08. The van der Waals surface area contributed by atoms with E-state index in [0.717, 1.165) is 12.8 Å². The zero-order valence-electron chi connectivity index (χ0n) is 10.7. The monoisotopic (exact) mass is 252 g/mol. The average molecular weight is 252 g/mol. The molecule has 18 heavy (non-hydrogen) atoms. The number of aromatic nitrogens is 1. The Labute approximate surface area is 105 Å². The number of rotatable bonds is 6. The Morgan fingerprint density at radius 1 is 1.50 bits per heavy atom. The van der Waals surface area contributed by atoms with Gasteiger partial charge in [0.25, 0.3) is 0 Å². The Morgan fingerprint density at radius 2 is 2.22 bits per heavy atom. The van der Waals surface area contributed by atoms with E-state index >= 15 is 0 Å². The van der Waals surface area contributed by atoms with Crippen LogP contribution in [-0.4, -0.2) is 24.7 Å². The molecule has 1 rings (SSSR count). The number of carbonyl (C=O) groups excluding carboxylic acids is 1. The molecule has 0 aliphatic heterocycles. The Hall–Kier alpha value is -1.98. The van der Waals surface area contributed by atoms with Gasteiger partial charge in [-0.15, -0.1) is 4.91 Å². The second-order valence-corrected chi connectivity index (χ2v) is 3.72. The summed E-state index contributed by atoms with van der Waals surface area (Å²) >= 11 is 0. The van der Waals surface area contributed by atoms with Gasteiger partial charge in [0.2, 0.25) is 0 Å². The van der Waals surface area contributed by atoms with E-state index in [2.05, 4.69) is 14.9 Å². The van der Waals surface area contributed by atoms with Crippen molar-refractivity contribution in [3.8, 4) is 5.75 Å². The largest absolute Gasteiger partial charge is 0.489 e. The Bertz CT molecular complexity index is 446. The number of pyridine rings is 1. The molecule has 0 radical (unpaired) electrons. The van der Waals surface area contributed by atoms with Crippen molar-refractivity contribution in [3.63, 3.8) is 0 Å². The highest BCUT2D eigenvalue weighted by Crippen LogP contribution is 2.33. The lowest BCUT2D eigenvalue weighted by Gasteiger charge is -2.11. The van der Waals surface area contributed by atoms with Crippen LogP contribution in [-0.2, 0) is 4.74 Å². The van der Waals surface area contributed by atoms with E-state index in [-0.39, 0.29) is 17.0 Å². The number of nitrogens with zero attached hydrogens (tertiary/aromatic N) is 2. The molecule has 6 nitrogen and oxygen atoms in total. The van der Waals surface area contributed by atoms with Crippen LogP contribution < -0.4 is 4.74 Å². The Morgan fingerprint density at radius 3 is 2.78 bits per heavy atom. The number of nitroso groups, excluding NO2 is 1. The van der Waals surface area contributed by atoms with Gasteiger partial charge in [0.1, 0.15) is 5.56 Å². The van der Waals surface area contributed by atoms with Crippen LogP contribution >= 0.6 is 0 Å². The van der Waals surface area contributed by atoms with Crippen LogP contribution in [0.2, 0.25) is 0 Å². The molecule has 0 amide bonds. The highest BCUT2D eigenvalue weighted by molar-refractivity contribution is 5.96. The van der Waals surface area contributed by atoms with E-state index in [9.17, 15) is 9.70 Å². The Balaban J connectivity index is 3.13. The molecular weight excluding hydrogens is 236 g/mol. The average Bonchev–Trinajstić information content (AvgIpc) is 2.39. The van der Waals surface area contributed by atoms with E-state index in [4.69, 9.17) is 4.74 Å². The van der Waals surface area contributed by atoms with Gasteiger partial charge < -0.3 is 9.47 Å². The number of ether oxygens (including phenoxy) is 2. The maximum Gasteiger partial charge on any atom is 0.341 e. The first-order valence-electron chi connectivity index (χ1n) is 5.69. The summed E-state index contributed by atoms with van der Waals surface area (Å²) in [5, 5.41) is 2.86. The summed E-state index contributed by atoms with van der Waals surface area (Å²) in [7, 11) is 1.23. The number of aryl methyl sites for hydroxylation is 1. The summed E-state index contributed by atoms with van der Waals surface area (Å²) in [6, 6.07) is 0. The van der Waals surface area contributed by atoms with Crippen LogP contribution in [0.25, 0.3) is 0 Å². The van der Waals surface area contributed by atoms with E-state index in [1.807, 2.05) is 6.92 Å². The molecule has 1 aromatic heterocycles. The predicted molar refractivity (Wildman–Crippen MR) is 66.2 cm³/mol. The fraction of sp³-hybridized carbons (Fsp3) is 0.500. The van der Waals surface area contributed by atoms with Crippen LogP contribution in [0.4, 0.5) is 5.69 Å². The molecule has 0 aromatic carbocycles. The molecule has 0 aliphatic carbocycles. The summed E-state index contributed by atoms with van der Waals surface area (Å²) in [5.74, 6) is -0.404. The number of unbranched alkanes of at least 4 members (excludes halogenated alkanes) is 1. The van der Waals surface area contributed by atoms with Gasteiger partial charge in [-0.2, -0.15) is 0 Å². The first-order valence-corrected chi connectivity index (χ1v) is 5.69. The quantitative estimate of drug-likeness (QED) is 0.442. The van der Waals surface area contributed by atoms with Crippen molar-refractivity contribution in [2.24, 2.45) is 5.18 Å². The van der Waals surface area contributed by atoms with Crippen molar-refractivity contribution in [2.45, 2.75) is 26.7 Å². The van der Waals surface area contributed by atoms with Gasteiger partial charge in [0.15, 0.2) is 11.4 Å². The third-order valence-electron chi connectivity index (χ3n) is 2.43. The van der Waals surface area contributed by atoms with Crippen molar-refractivity contribution in [1.82, 2.24) is 4.98 Å². The fourth-order valence-electron chi connectivity index (χ4n) is 1.42.